The highest BCUT2D eigenvalue weighted by atomic mass is 35.5. The third-order valence-electron chi connectivity index (χ3n) is 3.06. The van der Waals surface area contributed by atoms with E-state index in [1.54, 1.807) is 12.1 Å². The molecule has 6 heteroatoms. The molecule has 1 atom stereocenters. The highest BCUT2D eigenvalue weighted by Crippen LogP contribution is 2.27. The number of benzene rings is 1. The van der Waals surface area contributed by atoms with Gasteiger partial charge in [-0.1, -0.05) is 23.7 Å². The van der Waals surface area contributed by atoms with Crippen molar-refractivity contribution in [2.24, 2.45) is 5.73 Å². The average molecular weight is 272 g/mol. The number of rotatable bonds is 3. The number of primary amides is 1. The van der Waals surface area contributed by atoms with E-state index in [2.05, 4.69) is 5.32 Å². The van der Waals surface area contributed by atoms with Crippen molar-refractivity contribution >= 4 is 17.5 Å². The molecular weight excluding hydrogens is 257 g/mol. The number of halogens is 2. The summed E-state index contributed by atoms with van der Waals surface area (Å²) in [5.41, 5.74) is 5.65. The fourth-order valence-corrected chi connectivity index (χ4v) is 2.38. The quantitative estimate of drug-likeness (QED) is 0.859. The van der Waals surface area contributed by atoms with E-state index < -0.39 is 17.8 Å². The average Bonchev–Trinajstić information content (AvgIpc) is 2.36. The van der Waals surface area contributed by atoms with Crippen LogP contribution in [-0.2, 0) is 4.79 Å². The molecule has 0 radical (unpaired) electrons. The van der Waals surface area contributed by atoms with Gasteiger partial charge in [0, 0.05) is 31.7 Å². The van der Waals surface area contributed by atoms with Crippen LogP contribution in [0.1, 0.15) is 11.6 Å². The Labute approximate surface area is 110 Å². The second-order valence-electron chi connectivity index (χ2n) is 4.23. The van der Waals surface area contributed by atoms with Gasteiger partial charge in [0.2, 0.25) is 5.91 Å². The van der Waals surface area contributed by atoms with Crippen LogP contribution in [0.2, 0.25) is 5.02 Å². The zero-order chi connectivity index (χ0) is 13.1. The minimum atomic E-state index is -0.759. The van der Waals surface area contributed by atoms with Gasteiger partial charge in [0.1, 0.15) is 11.9 Å². The van der Waals surface area contributed by atoms with E-state index in [1.165, 1.54) is 6.07 Å². The lowest BCUT2D eigenvalue weighted by Crippen LogP contribution is -2.48. The summed E-state index contributed by atoms with van der Waals surface area (Å²) in [7, 11) is 0. The maximum absolute atomic E-state index is 14.0. The molecule has 4 nitrogen and oxygen atoms in total. The molecular formula is C12H15ClFN3O. The molecule has 3 N–H and O–H groups in total. The van der Waals surface area contributed by atoms with Crippen molar-refractivity contribution in [1.29, 1.82) is 0 Å². The van der Waals surface area contributed by atoms with Crippen molar-refractivity contribution in [2.75, 3.05) is 26.2 Å². The Balaban J connectivity index is 2.34. The highest BCUT2D eigenvalue weighted by molar-refractivity contribution is 6.30. The molecule has 0 bridgehead atoms. The van der Waals surface area contributed by atoms with Crippen molar-refractivity contribution in [3.8, 4) is 0 Å². The summed E-state index contributed by atoms with van der Waals surface area (Å²) in [6.07, 6.45) is 0. The summed E-state index contributed by atoms with van der Waals surface area (Å²) >= 11 is 5.74. The molecule has 0 spiro atoms. The van der Waals surface area contributed by atoms with E-state index in [1.807, 2.05) is 4.90 Å². The lowest BCUT2D eigenvalue weighted by atomic mass is 10.0. The normalized spacial score (nSPS) is 18.6. The van der Waals surface area contributed by atoms with Gasteiger partial charge in [-0.05, 0) is 6.07 Å². The Morgan fingerprint density at radius 2 is 2.11 bits per heavy atom. The fourth-order valence-electron chi connectivity index (χ4n) is 2.20. The molecule has 1 unspecified atom stereocenters. The summed E-state index contributed by atoms with van der Waals surface area (Å²) in [5, 5.41) is 3.18. The first-order valence-electron chi connectivity index (χ1n) is 5.79. The molecule has 1 aliphatic rings. The largest absolute Gasteiger partial charge is 0.368 e. The minimum Gasteiger partial charge on any atom is -0.368 e. The van der Waals surface area contributed by atoms with Gasteiger partial charge in [0.05, 0.1) is 5.02 Å². The number of carbonyl (C=O) groups excluding carboxylic acids is 1. The number of carbonyl (C=O) groups is 1. The summed E-state index contributed by atoms with van der Waals surface area (Å²) in [6.45, 7) is 2.82. The Hall–Kier alpha value is -1.17. The lowest BCUT2D eigenvalue weighted by molar-refractivity contribution is -0.123. The van der Waals surface area contributed by atoms with Gasteiger partial charge < -0.3 is 11.1 Å². The molecule has 1 saturated heterocycles. The zero-order valence-electron chi connectivity index (χ0n) is 9.83. The Bertz CT molecular complexity index is 449. The predicted molar refractivity (Wildman–Crippen MR) is 67.8 cm³/mol. The number of nitrogens with one attached hydrogen (secondary N) is 1. The molecule has 0 saturated carbocycles. The topological polar surface area (TPSA) is 58.4 Å². The van der Waals surface area contributed by atoms with Crippen LogP contribution < -0.4 is 11.1 Å². The molecule has 98 valence electrons. The summed E-state index contributed by atoms with van der Waals surface area (Å²) in [5.74, 6) is -1.13. The molecule has 0 aromatic heterocycles. The first-order chi connectivity index (χ1) is 8.61. The molecule has 1 heterocycles. The van der Waals surface area contributed by atoms with Crippen molar-refractivity contribution in [3.63, 3.8) is 0 Å². The van der Waals surface area contributed by atoms with Gasteiger partial charge in [-0.2, -0.15) is 0 Å². The highest BCUT2D eigenvalue weighted by Gasteiger charge is 2.29. The standard InChI is InChI=1S/C12H15ClFN3O/c13-9-3-1-2-8(10(9)14)11(12(15)18)17-6-4-16-5-7-17/h1-3,11,16H,4-7H2,(H2,15,18). The second kappa shape index (κ2) is 5.65. The molecule has 2 rings (SSSR count). The molecule has 18 heavy (non-hydrogen) atoms. The van der Waals surface area contributed by atoms with E-state index in [-0.39, 0.29) is 10.6 Å². The van der Waals surface area contributed by atoms with E-state index in [4.69, 9.17) is 17.3 Å². The number of piperazine rings is 1. The van der Waals surface area contributed by atoms with Crippen molar-refractivity contribution < 1.29 is 9.18 Å². The number of nitrogens with two attached hydrogens (primary N) is 1. The van der Waals surface area contributed by atoms with Crippen LogP contribution in [-0.4, -0.2) is 37.0 Å². The summed E-state index contributed by atoms with van der Waals surface area (Å²) in [6, 6.07) is 3.87. The molecule has 1 aromatic carbocycles. The van der Waals surface area contributed by atoms with Crippen molar-refractivity contribution in [2.45, 2.75) is 6.04 Å². The number of amides is 1. The van der Waals surface area contributed by atoms with Crippen LogP contribution in [0.25, 0.3) is 0 Å². The zero-order valence-corrected chi connectivity index (χ0v) is 10.6. The maximum atomic E-state index is 14.0. The van der Waals surface area contributed by atoms with Crippen LogP contribution >= 0.6 is 11.6 Å². The van der Waals surface area contributed by atoms with Gasteiger partial charge in [0.25, 0.3) is 0 Å². The minimum absolute atomic E-state index is 0.00823. The lowest BCUT2D eigenvalue weighted by Gasteiger charge is -2.33. The fraction of sp³-hybridized carbons (Fsp3) is 0.417. The Morgan fingerprint density at radius 1 is 1.44 bits per heavy atom. The predicted octanol–water partition coefficient (Wildman–Crippen LogP) is 0.911. The van der Waals surface area contributed by atoms with Crippen molar-refractivity contribution in [3.05, 3.63) is 34.6 Å². The SMILES string of the molecule is NC(=O)C(c1cccc(Cl)c1F)N1CCNCC1. The monoisotopic (exact) mass is 271 g/mol. The number of nitrogens with zero attached hydrogens (tertiary/aromatic N) is 1. The van der Waals surface area contributed by atoms with E-state index in [9.17, 15) is 9.18 Å². The second-order valence-corrected chi connectivity index (χ2v) is 4.64. The molecule has 1 amide bonds. The smallest absolute Gasteiger partial charge is 0.239 e. The number of hydrogen-bond donors (Lipinski definition) is 2. The van der Waals surface area contributed by atoms with Crippen LogP contribution in [0.4, 0.5) is 4.39 Å². The Morgan fingerprint density at radius 3 is 2.72 bits per heavy atom. The molecule has 1 aromatic rings. The van der Waals surface area contributed by atoms with Gasteiger partial charge in [-0.15, -0.1) is 0 Å². The first-order valence-corrected chi connectivity index (χ1v) is 6.17. The van der Waals surface area contributed by atoms with E-state index in [0.717, 1.165) is 13.1 Å². The molecule has 0 aliphatic carbocycles. The van der Waals surface area contributed by atoms with Crippen LogP contribution in [0.5, 0.6) is 0 Å². The van der Waals surface area contributed by atoms with Gasteiger partial charge >= 0.3 is 0 Å². The van der Waals surface area contributed by atoms with Gasteiger partial charge in [-0.3, -0.25) is 9.69 Å². The van der Waals surface area contributed by atoms with Crippen LogP contribution in [0.3, 0.4) is 0 Å². The maximum Gasteiger partial charge on any atom is 0.239 e. The van der Waals surface area contributed by atoms with Crippen LogP contribution in [0.15, 0.2) is 18.2 Å². The van der Waals surface area contributed by atoms with Gasteiger partial charge in [0.15, 0.2) is 0 Å². The number of hydrogen-bond acceptors (Lipinski definition) is 3. The van der Waals surface area contributed by atoms with Crippen LogP contribution in [0, 0.1) is 5.82 Å². The summed E-state index contributed by atoms with van der Waals surface area (Å²) in [4.78, 5) is 13.5. The third kappa shape index (κ3) is 2.63. The molecule has 1 fully saturated rings. The van der Waals surface area contributed by atoms with E-state index in [0.29, 0.717) is 13.1 Å². The third-order valence-corrected chi connectivity index (χ3v) is 3.35. The molecule has 1 aliphatic heterocycles. The van der Waals surface area contributed by atoms with Gasteiger partial charge in [-0.25, -0.2) is 4.39 Å². The summed E-state index contributed by atoms with van der Waals surface area (Å²) < 4.78 is 14.0. The Kier molecular flexibility index (Phi) is 4.16. The van der Waals surface area contributed by atoms with E-state index >= 15 is 0 Å². The first kappa shape index (κ1) is 13.3. The van der Waals surface area contributed by atoms with Crippen molar-refractivity contribution in [1.82, 2.24) is 10.2 Å².